The van der Waals surface area contributed by atoms with E-state index in [1.54, 1.807) is 18.4 Å². The molecular weight excluding hydrogens is 220 g/mol. The van der Waals surface area contributed by atoms with Gasteiger partial charge in [-0.05, 0) is 37.1 Å². The van der Waals surface area contributed by atoms with E-state index in [0.717, 1.165) is 21.9 Å². The summed E-state index contributed by atoms with van der Waals surface area (Å²) in [6, 6.07) is 3.99. The van der Waals surface area contributed by atoms with Gasteiger partial charge in [0.1, 0.15) is 16.6 Å². The molecule has 0 bridgehead atoms. The first kappa shape index (κ1) is 11.0. The summed E-state index contributed by atoms with van der Waals surface area (Å²) in [5.74, 6) is 1.48. The average Bonchev–Trinajstić information content (AvgIpc) is 2.69. The SMILES string of the molecule is COc1ccc(-c2nc(N)cs2)c(C)c1C. The molecule has 0 amide bonds. The quantitative estimate of drug-likeness (QED) is 0.869. The maximum absolute atomic E-state index is 5.63. The number of rotatable bonds is 2. The van der Waals surface area contributed by atoms with Gasteiger partial charge in [0.2, 0.25) is 0 Å². The molecule has 0 aliphatic carbocycles. The van der Waals surface area contributed by atoms with Gasteiger partial charge in [-0.1, -0.05) is 0 Å². The first-order chi connectivity index (χ1) is 7.63. The molecule has 1 aromatic carbocycles. The molecule has 0 saturated heterocycles. The first-order valence-corrected chi connectivity index (χ1v) is 5.87. The third-order valence-corrected chi connectivity index (χ3v) is 3.60. The zero-order valence-corrected chi connectivity index (χ0v) is 10.4. The van der Waals surface area contributed by atoms with Crippen LogP contribution in [0.1, 0.15) is 11.1 Å². The summed E-state index contributed by atoms with van der Waals surface area (Å²) >= 11 is 1.56. The van der Waals surface area contributed by atoms with Crippen molar-refractivity contribution in [2.75, 3.05) is 12.8 Å². The molecule has 0 spiro atoms. The Bertz CT molecular complexity index is 520. The number of benzene rings is 1. The minimum absolute atomic E-state index is 0.577. The van der Waals surface area contributed by atoms with Crippen LogP contribution in [0.15, 0.2) is 17.5 Å². The zero-order valence-electron chi connectivity index (χ0n) is 9.57. The van der Waals surface area contributed by atoms with Gasteiger partial charge in [-0.2, -0.15) is 0 Å². The predicted octanol–water partition coefficient (Wildman–Crippen LogP) is 3.02. The van der Waals surface area contributed by atoms with Crippen molar-refractivity contribution in [3.05, 3.63) is 28.6 Å². The fraction of sp³-hybridized carbons (Fsp3) is 0.250. The van der Waals surface area contributed by atoms with E-state index in [1.807, 2.05) is 17.5 Å². The maximum Gasteiger partial charge on any atom is 0.135 e. The van der Waals surface area contributed by atoms with Crippen molar-refractivity contribution < 1.29 is 4.74 Å². The van der Waals surface area contributed by atoms with Crippen molar-refractivity contribution in [2.24, 2.45) is 0 Å². The second-order valence-electron chi connectivity index (χ2n) is 3.64. The van der Waals surface area contributed by atoms with Crippen molar-refractivity contribution in [3.63, 3.8) is 0 Å². The standard InChI is InChI=1S/C12H14N2OS/c1-7-8(2)10(15-3)5-4-9(7)12-14-11(13)6-16-12/h4-6H,13H2,1-3H3. The molecule has 1 heterocycles. The van der Waals surface area contributed by atoms with Crippen LogP contribution in [0.2, 0.25) is 0 Å². The number of hydrogen-bond acceptors (Lipinski definition) is 4. The third-order valence-electron chi connectivity index (χ3n) is 2.71. The van der Waals surface area contributed by atoms with Crippen molar-refractivity contribution in [1.29, 1.82) is 0 Å². The van der Waals surface area contributed by atoms with Gasteiger partial charge in [-0.25, -0.2) is 4.98 Å². The normalized spacial score (nSPS) is 10.4. The second kappa shape index (κ2) is 4.14. The lowest BCUT2D eigenvalue weighted by Gasteiger charge is -2.10. The van der Waals surface area contributed by atoms with Crippen LogP contribution in [0.4, 0.5) is 5.82 Å². The second-order valence-corrected chi connectivity index (χ2v) is 4.50. The molecule has 0 radical (unpaired) electrons. The lowest BCUT2D eigenvalue weighted by atomic mass is 10.0. The molecule has 0 saturated carbocycles. The number of ether oxygens (including phenoxy) is 1. The number of nitrogens with zero attached hydrogens (tertiary/aromatic N) is 1. The van der Waals surface area contributed by atoms with Crippen LogP contribution >= 0.6 is 11.3 Å². The third kappa shape index (κ3) is 1.76. The molecule has 2 aromatic rings. The van der Waals surface area contributed by atoms with Crippen molar-refractivity contribution in [3.8, 4) is 16.3 Å². The minimum atomic E-state index is 0.577. The summed E-state index contributed by atoms with van der Waals surface area (Å²) in [6.45, 7) is 4.12. The van der Waals surface area contributed by atoms with Gasteiger partial charge in [0.15, 0.2) is 0 Å². The molecule has 84 valence electrons. The van der Waals surface area contributed by atoms with Gasteiger partial charge >= 0.3 is 0 Å². The molecule has 16 heavy (non-hydrogen) atoms. The molecule has 0 unspecified atom stereocenters. The van der Waals surface area contributed by atoms with E-state index in [-0.39, 0.29) is 0 Å². The largest absolute Gasteiger partial charge is 0.496 e. The van der Waals surface area contributed by atoms with E-state index in [4.69, 9.17) is 10.5 Å². The highest BCUT2D eigenvalue weighted by atomic mass is 32.1. The number of nitrogen functional groups attached to an aromatic ring is 1. The monoisotopic (exact) mass is 234 g/mol. The van der Waals surface area contributed by atoms with Crippen molar-refractivity contribution in [2.45, 2.75) is 13.8 Å². The molecule has 0 aliphatic rings. The van der Waals surface area contributed by atoms with E-state index in [2.05, 4.69) is 18.8 Å². The summed E-state index contributed by atoms with van der Waals surface area (Å²) in [5.41, 5.74) is 9.10. The van der Waals surface area contributed by atoms with Gasteiger partial charge < -0.3 is 10.5 Å². The summed E-state index contributed by atoms with van der Waals surface area (Å²) < 4.78 is 5.28. The summed E-state index contributed by atoms with van der Waals surface area (Å²) in [5, 5.41) is 2.81. The molecule has 3 nitrogen and oxygen atoms in total. The molecule has 2 rings (SSSR count). The Balaban J connectivity index is 2.55. The Kier molecular flexibility index (Phi) is 2.83. The predicted molar refractivity (Wildman–Crippen MR) is 68.0 cm³/mol. The highest BCUT2D eigenvalue weighted by Crippen LogP contribution is 2.32. The van der Waals surface area contributed by atoms with Crippen LogP contribution in [0.5, 0.6) is 5.75 Å². The molecule has 0 atom stereocenters. The summed E-state index contributed by atoms with van der Waals surface area (Å²) in [7, 11) is 1.68. The van der Waals surface area contributed by atoms with Gasteiger partial charge in [0.05, 0.1) is 7.11 Å². The smallest absolute Gasteiger partial charge is 0.135 e. The fourth-order valence-corrected chi connectivity index (χ4v) is 2.45. The lowest BCUT2D eigenvalue weighted by molar-refractivity contribution is 0.411. The van der Waals surface area contributed by atoms with E-state index in [0.29, 0.717) is 5.82 Å². The first-order valence-electron chi connectivity index (χ1n) is 4.99. The van der Waals surface area contributed by atoms with E-state index in [9.17, 15) is 0 Å². The van der Waals surface area contributed by atoms with Crippen molar-refractivity contribution in [1.82, 2.24) is 4.98 Å². The van der Waals surface area contributed by atoms with Gasteiger partial charge in [-0.15, -0.1) is 11.3 Å². The van der Waals surface area contributed by atoms with Crippen LogP contribution in [-0.4, -0.2) is 12.1 Å². The maximum atomic E-state index is 5.63. The topological polar surface area (TPSA) is 48.1 Å². The van der Waals surface area contributed by atoms with Crippen LogP contribution < -0.4 is 10.5 Å². The molecule has 1 aromatic heterocycles. The Morgan fingerprint density at radius 3 is 2.56 bits per heavy atom. The Hall–Kier alpha value is -1.55. The molecule has 0 aliphatic heterocycles. The Labute approximate surface area is 98.9 Å². The van der Waals surface area contributed by atoms with Crippen LogP contribution in [-0.2, 0) is 0 Å². The minimum Gasteiger partial charge on any atom is -0.496 e. The summed E-state index contributed by atoms with van der Waals surface area (Å²) in [6.07, 6.45) is 0. The molecule has 4 heteroatoms. The van der Waals surface area contributed by atoms with E-state index >= 15 is 0 Å². The van der Waals surface area contributed by atoms with Gasteiger partial charge in [0, 0.05) is 10.9 Å². The number of nitrogens with two attached hydrogens (primary N) is 1. The molecular formula is C12H14N2OS. The zero-order chi connectivity index (χ0) is 11.7. The number of methoxy groups -OCH3 is 1. The lowest BCUT2D eigenvalue weighted by Crippen LogP contribution is -1.93. The Morgan fingerprint density at radius 1 is 1.25 bits per heavy atom. The Morgan fingerprint density at radius 2 is 2.00 bits per heavy atom. The average molecular weight is 234 g/mol. The van der Waals surface area contributed by atoms with Crippen molar-refractivity contribution >= 4 is 17.2 Å². The highest BCUT2D eigenvalue weighted by molar-refractivity contribution is 7.13. The summed E-state index contributed by atoms with van der Waals surface area (Å²) in [4.78, 5) is 4.29. The van der Waals surface area contributed by atoms with Crippen LogP contribution in [0.3, 0.4) is 0 Å². The van der Waals surface area contributed by atoms with Crippen LogP contribution in [0.25, 0.3) is 10.6 Å². The van der Waals surface area contributed by atoms with Gasteiger partial charge in [0.25, 0.3) is 0 Å². The molecule has 2 N–H and O–H groups in total. The number of aromatic nitrogens is 1. The van der Waals surface area contributed by atoms with E-state index < -0.39 is 0 Å². The number of anilines is 1. The number of thiazole rings is 1. The number of hydrogen-bond donors (Lipinski definition) is 1. The van der Waals surface area contributed by atoms with Gasteiger partial charge in [-0.3, -0.25) is 0 Å². The molecule has 0 fully saturated rings. The fourth-order valence-electron chi connectivity index (χ4n) is 1.66. The van der Waals surface area contributed by atoms with E-state index in [1.165, 1.54) is 5.56 Å². The van der Waals surface area contributed by atoms with Crippen LogP contribution in [0, 0.1) is 13.8 Å². The highest BCUT2D eigenvalue weighted by Gasteiger charge is 2.10.